The number of ether oxygens (including phenoxy) is 4. The monoisotopic (exact) mass is 916 g/mol. The Kier molecular flexibility index (Phi) is 14.8. The molecule has 2 aliphatic rings. The van der Waals surface area contributed by atoms with E-state index in [-0.39, 0.29) is 18.9 Å². The second-order valence-corrected chi connectivity index (χ2v) is 17.5. The Morgan fingerprint density at radius 1 is 1.00 bits per heavy atom. The van der Waals surface area contributed by atoms with Crippen molar-refractivity contribution in [2.45, 2.75) is 45.3 Å². The lowest BCUT2D eigenvalue weighted by Gasteiger charge is -2.32. The summed E-state index contributed by atoms with van der Waals surface area (Å²) in [5, 5.41) is 11.7. The quantitative estimate of drug-likeness (QED) is 0.0746. The molecular formula is C49H53ClN8O6S. The number of para-hydroxylation sites is 2. The summed E-state index contributed by atoms with van der Waals surface area (Å²) in [5.41, 5.74) is 11.6. The van der Waals surface area contributed by atoms with Gasteiger partial charge in [0, 0.05) is 81.6 Å². The fourth-order valence-electron chi connectivity index (χ4n) is 7.94. The summed E-state index contributed by atoms with van der Waals surface area (Å²) >= 11 is 8.29. The van der Waals surface area contributed by atoms with Crippen molar-refractivity contribution in [2.24, 2.45) is 16.6 Å². The van der Waals surface area contributed by atoms with Gasteiger partial charge in [-0.05, 0) is 91.3 Å². The average molecular weight is 918 g/mol. The van der Waals surface area contributed by atoms with Gasteiger partial charge in [-0.3, -0.25) is 14.9 Å². The summed E-state index contributed by atoms with van der Waals surface area (Å²) in [6, 6.07) is 20.4. The molecule has 1 unspecified atom stereocenters. The predicted molar refractivity (Wildman–Crippen MR) is 255 cm³/mol. The summed E-state index contributed by atoms with van der Waals surface area (Å²) in [6.07, 6.45) is 8.80. The van der Waals surface area contributed by atoms with Crippen LogP contribution in [0.2, 0.25) is 5.02 Å². The lowest BCUT2D eigenvalue weighted by atomic mass is 9.86. The number of nitrogens with zero attached hydrogens (tertiary/aromatic N) is 7. The Balaban J connectivity index is 1.08. The number of fused-ring (bicyclic) bond motifs is 1. The number of carboxylic acids is 1. The Morgan fingerprint density at radius 3 is 2.54 bits per heavy atom. The van der Waals surface area contributed by atoms with Crippen molar-refractivity contribution >= 4 is 51.0 Å². The molecule has 8 rings (SSSR count). The molecular weight excluding hydrogens is 864 g/mol. The molecule has 1 saturated carbocycles. The van der Waals surface area contributed by atoms with Crippen LogP contribution in [0.1, 0.15) is 41.8 Å². The van der Waals surface area contributed by atoms with E-state index in [4.69, 9.17) is 55.6 Å². The van der Waals surface area contributed by atoms with Gasteiger partial charge in [-0.1, -0.05) is 54.4 Å². The van der Waals surface area contributed by atoms with Gasteiger partial charge >= 0.3 is 5.97 Å². The first-order chi connectivity index (χ1) is 31.7. The van der Waals surface area contributed by atoms with Crippen LogP contribution in [0.25, 0.3) is 38.2 Å². The third kappa shape index (κ3) is 10.7. The first kappa shape index (κ1) is 45.4. The predicted octanol–water partition coefficient (Wildman–Crippen LogP) is 8.24. The molecule has 2 fully saturated rings. The molecule has 14 nitrogen and oxygen atoms in total. The zero-order chi connectivity index (χ0) is 45.3. The van der Waals surface area contributed by atoms with E-state index >= 15 is 0 Å². The van der Waals surface area contributed by atoms with Crippen molar-refractivity contribution < 1.29 is 28.8 Å². The van der Waals surface area contributed by atoms with E-state index in [1.807, 2.05) is 61.5 Å². The molecule has 3 aromatic carbocycles. The lowest BCUT2D eigenvalue weighted by Crippen LogP contribution is -2.45. The average Bonchev–Trinajstić information content (AvgIpc) is 3.72. The molecule has 0 bridgehead atoms. The minimum absolute atomic E-state index is 0.0269. The van der Waals surface area contributed by atoms with Crippen LogP contribution in [0, 0.1) is 12.8 Å². The van der Waals surface area contributed by atoms with Gasteiger partial charge in [0.05, 0.1) is 39.2 Å². The molecule has 338 valence electrons. The number of piperazine rings is 1. The van der Waals surface area contributed by atoms with Crippen LogP contribution in [0.5, 0.6) is 23.1 Å². The second-order valence-electron chi connectivity index (χ2n) is 16.3. The highest BCUT2D eigenvalue weighted by atomic mass is 35.5. The number of rotatable bonds is 19. The van der Waals surface area contributed by atoms with Crippen LogP contribution in [0.3, 0.4) is 0 Å². The van der Waals surface area contributed by atoms with Gasteiger partial charge in [-0.2, -0.15) is 4.37 Å². The van der Waals surface area contributed by atoms with Crippen molar-refractivity contribution in [3.05, 3.63) is 113 Å². The van der Waals surface area contributed by atoms with Gasteiger partial charge in [0.1, 0.15) is 30.5 Å². The molecule has 6 aromatic rings. The number of nitrogens with two attached hydrogens (primary N) is 1. The number of aliphatic carboxylic acids is 1. The van der Waals surface area contributed by atoms with Crippen molar-refractivity contribution in [3.8, 4) is 45.6 Å². The van der Waals surface area contributed by atoms with E-state index in [0.717, 1.165) is 62.3 Å². The standard InChI is InChI=1S/C49H53ClN8O6S/c1-31-36(15-16-40(45(31)50)62-24-23-58-21-19-57(2)20-22-58)43-44-42(29-54-46(43)34(26-51)28-52-27-32-9-8-10-32)65-56-48(44)64-41(49(59)60)25-33-11-4-6-13-38(33)63-30-35-17-18-53-47(55-35)37-12-5-7-14-39(37)61-3/h4-7,11-18,26,28-29,32,41H,8-10,19-25,27,30,51H2,1-3H3,(H,59,60). The summed E-state index contributed by atoms with van der Waals surface area (Å²) in [5.74, 6) is 1.74. The molecule has 4 heterocycles. The van der Waals surface area contributed by atoms with Crippen molar-refractivity contribution in [3.63, 3.8) is 0 Å². The third-order valence-electron chi connectivity index (χ3n) is 12.0. The van der Waals surface area contributed by atoms with Crippen molar-refractivity contribution in [1.29, 1.82) is 0 Å². The van der Waals surface area contributed by atoms with E-state index in [0.29, 0.717) is 85.3 Å². The molecule has 65 heavy (non-hydrogen) atoms. The molecule has 1 aliphatic carbocycles. The van der Waals surface area contributed by atoms with E-state index in [2.05, 4.69) is 21.8 Å². The molecule has 1 atom stereocenters. The molecule has 0 spiro atoms. The van der Waals surface area contributed by atoms with E-state index in [9.17, 15) is 9.90 Å². The Morgan fingerprint density at radius 2 is 1.78 bits per heavy atom. The van der Waals surface area contributed by atoms with Crippen LogP contribution in [0.4, 0.5) is 0 Å². The van der Waals surface area contributed by atoms with Crippen LogP contribution in [-0.2, 0) is 17.8 Å². The number of pyridine rings is 1. The number of likely N-dealkylation sites (N-methyl/N-ethyl adjacent to an activating group) is 1. The highest BCUT2D eigenvalue weighted by Crippen LogP contribution is 2.45. The van der Waals surface area contributed by atoms with Gasteiger partial charge in [0.15, 0.2) is 5.82 Å². The molecule has 0 radical (unpaired) electrons. The van der Waals surface area contributed by atoms with Gasteiger partial charge in [0.25, 0.3) is 0 Å². The molecule has 1 aliphatic heterocycles. The maximum absolute atomic E-state index is 13.1. The normalized spacial score (nSPS) is 15.5. The number of methoxy groups -OCH3 is 1. The van der Waals surface area contributed by atoms with Gasteiger partial charge in [0.2, 0.25) is 12.0 Å². The fourth-order valence-corrected chi connectivity index (χ4v) is 8.86. The van der Waals surface area contributed by atoms with Crippen LogP contribution >= 0.6 is 23.1 Å². The number of aliphatic imine (C=N–C) groups is 1. The van der Waals surface area contributed by atoms with Gasteiger partial charge in [-0.25, -0.2) is 14.8 Å². The topological polar surface area (TPSA) is 171 Å². The zero-order valence-corrected chi connectivity index (χ0v) is 38.4. The number of benzene rings is 3. The highest BCUT2D eigenvalue weighted by Gasteiger charge is 2.28. The summed E-state index contributed by atoms with van der Waals surface area (Å²) in [6.45, 7) is 8.06. The van der Waals surface area contributed by atoms with Gasteiger partial charge in [-0.15, -0.1) is 0 Å². The SMILES string of the molecule is COc1ccccc1-c1nccc(COc2ccccc2CC(Oc2nsc3cnc(C(C=NCC4CCC4)=CN)c(-c4ccc(OCCN5CCN(C)CC5)c(Cl)c4C)c23)C(=O)O)n1. The maximum atomic E-state index is 13.1. The number of halogens is 1. The third-order valence-corrected chi connectivity index (χ3v) is 13.2. The highest BCUT2D eigenvalue weighted by molar-refractivity contribution is 7.13. The smallest absolute Gasteiger partial charge is 0.345 e. The number of aromatic nitrogens is 4. The summed E-state index contributed by atoms with van der Waals surface area (Å²) in [4.78, 5) is 36.7. The summed E-state index contributed by atoms with van der Waals surface area (Å²) < 4.78 is 29.9. The Labute approximate surface area is 387 Å². The molecule has 3 N–H and O–H groups in total. The number of carboxylic acid groups (broad SMARTS) is 1. The zero-order valence-electron chi connectivity index (χ0n) is 36.8. The number of allylic oxidation sites excluding steroid dienone is 1. The van der Waals surface area contributed by atoms with Gasteiger partial charge < -0.3 is 34.7 Å². The molecule has 1 saturated heterocycles. The fraction of sp³-hybridized carbons (Fsp3) is 0.347. The van der Waals surface area contributed by atoms with Crippen LogP contribution < -0.4 is 24.7 Å². The number of hydrogen-bond acceptors (Lipinski definition) is 14. The molecule has 16 heteroatoms. The Hall–Kier alpha value is -6.13. The van der Waals surface area contributed by atoms with Crippen molar-refractivity contribution in [1.82, 2.24) is 29.1 Å². The van der Waals surface area contributed by atoms with Crippen molar-refractivity contribution in [2.75, 3.05) is 60.0 Å². The first-order valence-electron chi connectivity index (χ1n) is 21.8. The summed E-state index contributed by atoms with van der Waals surface area (Å²) in [7, 11) is 3.74. The Bertz CT molecular complexity index is 2680. The van der Waals surface area contributed by atoms with Crippen LogP contribution in [0.15, 0.2) is 90.3 Å². The maximum Gasteiger partial charge on any atom is 0.345 e. The molecule has 0 amide bonds. The van der Waals surface area contributed by atoms with E-state index in [1.165, 1.54) is 24.2 Å². The van der Waals surface area contributed by atoms with E-state index < -0.39 is 12.1 Å². The lowest BCUT2D eigenvalue weighted by molar-refractivity contribution is -0.145. The minimum atomic E-state index is -1.35. The molecule has 3 aromatic heterocycles. The first-order valence-corrected chi connectivity index (χ1v) is 22.9. The number of hydrogen-bond donors (Lipinski definition) is 2. The van der Waals surface area contributed by atoms with Crippen LogP contribution in [-0.4, -0.2) is 113 Å². The largest absolute Gasteiger partial charge is 0.496 e. The number of carbonyl (C=O) groups is 1. The second kappa shape index (κ2) is 21.2. The van der Waals surface area contributed by atoms with E-state index in [1.54, 1.807) is 37.9 Å². The minimum Gasteiger partial charge on any atom is -0.496 e.